The van der Waals surface area contributed by atoms with E-state index in [4.69, 9.17) is 5.73 Å². The van der Waals surface area contributed by atoms with Gasteiger partial charge in [0.2, 0.25) is 0 Å². The standard InChI is InChI=1S/C16H21FN4/c1-3-14-11-16(20-12(2)19-14)21(9-5-8-18)15-7-4-6-13(17)10-15/h4,6-7,10-11H,3,5,8-9,18H2,1-2H3. The van der Waals surface area contributed by atoms with Crippen LogP contribution in [-0.4, -0.2) is 23.1 Å². The van der Waals surface area contributed by atoms with E-state index in [0.717, 1.165) is 35.9 Å². The summed E-state index contributed by atoms with van der Waals surface area (Å²) in [4.78, 5) is 10.9. The SMILES string of the molecule is CCc1cc(N(CCCN)c2cccc(F)c2)nc(C)n1. The van der Waals surface area contributed by atoms with Gasteiger partial charge in [0.25, 0.3) is 0 Å². The first-order valence-electron chi connectivity index (χ1n) is 7.21. The first-order valence-corrected chi connectivity index (χ1v) is 7.21. The van der Waals surface area contributed by atoms with Crippen molar-refractivity contribution in [2.24, 2.45) is 5.73 Å². The topological polar surface area (TPSA) is 55.0 Å². The van der Waals surface area contributed by atoms with Crippen molar-refractivity contribution in [2.45, 2.75) is 26.7 Å². The molecule has 21 heavy (non-hydrogen) atoms. The third-order valence-electron chi connectivity index (χ3n) is 3.22. The van der Waals surface area contributed by atoms with Gasteiger partial charge in [-0.25, -0.2) is 14.4 Å². The summed E-state index contributed by atoms with van der Waals surface area (Å²) in [6.45, 7) is 5.20. The molecule has 2 rings (SSSR count). The fourth-order valence-corrected chi connectivity index (χ4v) is 2.20. The van der Waals surface area contributed by atoms with Gasteiger partial charge in [-0.05, 0) is 44.5 Å². The lowest BCUT2D eigenvalue weighted by Gasteiger charge is -2.24. The monoisotopic (exact) mass is 288 g/mol. The highest BCUT2D eigenvalue weighted by molar-refractivity contribution is 5.60. The Labute approximate surface area is 124 Å². The smallest absolute Gasteiger partial charge is 0.136 e. The summed E-state index contributed by atoms with van der Waals surface area (Å²) < 4.78 is 13.5. The Morgan fingerprint density at radius 3 is 2.71 bits per heavy atom. The Kier molecular flexibility index (Phi) is 5.22. The average molecular weight is 288 g/mol. The van der Waals surface area contributed by atoms with Gasteiger partial charge in [0, 0.05) is 24.0 Å². The molecule has 5 heteroatoms. The molecular formula is C16H21FN4. The normalized spacial score (nSPS) is 10.7. The van der Waals surface area contributed by atoms with Crippen LogP contribution in [0.25, 0.3) is 0 Å². The Balaban J connectivity index is 2.42. The molecule has 0 fully saturated rings. The van der Waals surface area contributed by atoms with Gasteiger partial charge in [-0.3, -0.25) is 0 Å². The van der Waals surface area contributed by atoms with Crippen molar-refractivity contribution in [1.82, 2.24) is 9.97 Å². The van der Waals surface area contributed by atoms with Crippen LogP contribution in [-0.2, 0) is 6.42 Å². The number of benzene rings is 1. The number of halogens is 1. The van der Waals surface area contributed by atoms with E-state index in [1.54, 1.807) is 6.07 Å². The number of aromatic nitrogens is 2. The molecule has 0 bridgehead atoms. The third kappa shape index (κ3) is 3.98. The Morgan fingerprint density at radius 1 is 1.24 bits per heavy atom. The van der Waals surface area contributed by atoms with Gasteiger partial charge in [0.1, 0.15) is 17.5 Å². The van der Waals surface area contributed by atoms with E-state index in [1.807, 2.05) is 24.0 Å². The Hall–Kier alpha value is -2.01. The largest absolute Gasteiger partial charge is 0.330 e. The van der Waals surface area contributed by atoms with Crippen LogP contribution in [0.3, 0.4) is 0 Å². The van der Waals surface area contributed by atoms with Crippen LogP contribution < -0.4 is 10.6 Å². The van der Waals surface area contributed by atoms with Gasteiger partial charge in [-0.2, -0.15) is 0 Å². The highest BCUT2D eigenvalue weighted by atomic mass is 19.1. The van der Waals surface area contributed by atoms with Gasteiger partial charge in [-0.1, -0.05) is 13.0 Å². The molecule has 2 N–H and O–H groups in total. The van der Waals surface area contributed by atoms with E-state index in [2.05, 4.69) is 16.9 Å². The van der Waals surface area contributed by atoms with Crippen LogP contribution >= 0.6 is 0 Å². The van der Waals surface area contributed by atoms with Crippen LogP contribution in [0.1, 0.15) is 24.9 Å². The minimum atomic E-state index is -0.258. The number of nitrogens with zero attached hydrogens (tertiary/aromatic N) is 3. The number of nitrogens with two attached hydrogens (primary N) is 1. The van der Waals surface area contributed by atoms with Crippen LogP contribution in [0.5, 0.6) is 0 Å². The van der Waals surface area contributed by atoms with E-state index in [-0.39, 0.29) is 5.82 Å². The van der Waals surface area contributed by atoms with Crippen LogP contribution in [0, 0.1) is 12.7 Å². The van der Waals surface area contributed by atoms with Gasteiger partial charge in [-0.15, -0.1) is 0 Å². The quantitative estimate of drug-likeness (QED) is 0.888. The average Bonchev–Trinajstić information content (AvgIpc) is 2.47. The van der Waals surface area contributed by atoms with Crippen molar-refractivity contribution in [3.05, 3.63) is 47.7 Å². The van der Waals surface area contributed by atoms with E-state index >= 15 is 0 Å². The molecule has 0 aliphatic heterocycles. The molecular weight excluding hydrogens is 267 g/mol. The number of aryl methyl sites for hydroxylation is 2. The van der Waals surface area contributed by atoms with E-state index < -0.39 is 0 Å². The molecule has 4 nitrogen and oxygen atoms in total. The van der Waals surface area contributed by atoms with Gasteiger partial charge >= 0.3 is 0 Å². The second-order valence-electron chi connectivity index (χ2n) is 4.89. The number of rotatable bonds is 6. The molecule has 0 unspecified atom stereocenters. The number of anilines is 2. The molecule has 0 amide bonds. The number of hydrogen-bond donors (Lipinski definition) is 1. The van der Waals surface area contributed by atoms with E-state index in [9.17, 15) is 4.39 Å². The fraction of sp³-hybridized carbons (Fsp3) is 0.375. The molecule has 0 radical (unpaired) electrons. The maximum atomic E-state index is 13.5. The summed E-state index contributed by atoms with van der Waals surface area (Å²) in [7, 11) is 0. The zero-order valence-electron chi connectivity index (χ0n) is 12.5. The van der Waals surface area contributed by atoms with Crippen molar-refractivity contribution in [3.63, 3.8) is 0 Å². The van der Waals surface area contributed by atoms with Crippen molar-refractivity contribution in [2.75, 3.05) is 18.0 Å². The minimum Gasteiger partial charge on any atom is -0.330 e. The van der Waals surface area contributed by atoms with Crippen LogP contribution in [0.2, 0.25) is 0 Å². The van der Waals surface area contributed by atoms with Crippen molar-refractivity contribution < 1.29 is 4.39 Å². The van der Waals surface area contributed by atoms with E-state index in [0.29, 0.717) is 13.1 Å². The zero-order valence-corrected chi connectivity index (χ0v) is 12.5. The lowest BCUT2D eigenvalue weighted by Crippen LogP contribution is -2.22. The zero-order chi connectivity index (χ0) is 15.2. The third-order valence-corrected chi connectivity index (χ3v) is 3.22. The molecule has 2 aromatic rings. The summed E-state index contributed by atoms with van der Waals surface area (Å²) in [5.41, 5.74) is 7.37. The summed E-state index contributed by atoms with van der Waals surface area (Å²) >= 11 is 0. The molecule has 0 saturated heterocycles. The summed E-state index contributed by atoms with van der Waals surface area (Å²) in [6.07, 6.45) is 1.64. The van der Waals surface area contributed by atoms with Gasteiger partial charge < -0.3 is 10.6 Å². The Bertz CT molecular complexity index is 601. The molecule has 0 atom stereocenters. The first kappa shape index (κ1) is 15.4. The van der Waals surface area contributed by atoms with Crippen LogP contribution in [0.15, 0.2) is 30.3 Å². The molecule has 0 saturated carbocycles. The molecule has 1 aromatic heterocycles. The molecule has 1 heterocycles. The number of hydrogen-bond acceptors (Lipinski definition) is 4. The molecule has 112 valence electrons. The van der Waals surface area contributed by atoms with E-state index in [1.165, 1.54) is 12.1 Å². The van der Waals surface area contributed by atoms with Crippen molar-refractivity contribution in [1.29, 1.82) is 0 Å². The van der Waals surface area contributed by atoms with Gasteiger partial charge in [0.05, 0.1) is 0 Å². The van der Waals surface area contributed by atoms with Gasteiger partial charge in [0.15, 0.2) is 0 Å². The molecule has 1 aromatic carbocycles. The second-order valence-corrected chi connectivity index (χ2v) is 4.89. The summed E-state index contributed by atoms with van der Waals surface area (Å²) in [5.74, 6) is 1.25. The molecule has 0 aliphatic carbocycles. The molecule has 0 spiro atoms. The highest BCUT2D eigenvalue weighted by Crippen LogP contribution is 2.25. The maximum absolute atomic E-state index is 13.5. The Morgan fingerprint density at radius 2 is 2.05 bits per heavy atom. The molecule has 0 aliphatic rings. The lowest BCUT2D eigenvalue weighted by molar-refractivity contribution is 0.627. The summed E-state index contributed by atoms with van der Waals surface area (Å²) in [5, 5.41) is 0. The predicted octanol–water partition coefficient (Wildman–Crippen LogP) is 2.97. The first-order chi connectivity index (χ1) is 10.1. The summed E-state index contributed by atoms with van der Waals surface area (Å²) in [6, 6.07) is 8.48. The maximum Gasteiger partial charge on any atom is 0.136 e. The van der Waals surface area contributed by atoms with Crippen molar-refractivity contribution >= 4 is 11.5 Å². The second kappa shape index (κ2) is 7.13. The highest BCUT2D eigenvalue weighted by Gasteiger charge is 2.13. The van der Waals surface area contributed by atoms with Crippen LogP contribution in [0.4, 0.5) is 15.9 Å². The predicted molar refractivity (Wildman–Crippen MR) is 83.2 cm³/mol. The lowest BCUT2D eigenvalue weighted by atomic mass is 10.2. The minimum absolute atomic E-state index is 0.258. The van der Waals surface area contributed by atoms with Crippen molar-refractivity contribution in [3.8, 4) is 0 Å². The fourth-order valence-electron chi connectivity index (χ4n) is 2.20.